The number of aromatic nitrogens is 1. The summed E-state index contributed by atoms with van der Waals surface area (Å²) in [5, 5.41) is 0. The summed E-state index contributed by atoms with van der Waals surface area (Å²) >= 11 is 0. The van der Waals surface area contributed by atoms with Gasteiger partial charge in [-0.05, 0) is 108 Å². The van der Waals surface area contributed by atoms with Gasteiger partial charge in [-0.25, -0.2) is 0 Å². The maximum Gasteiger partial charge on any atom is 0.226 e. The van der Waals surface area contributed by atoms with E-state index >= 15 is 0 Å². The predicted molar refractivity (Wildman–Crippen MR) is 158 cm³/mol. The highest BCUT2D eigenvalue weighted by Gasteiger charge is 2.23. The highest BCUT2D eigenvalue weighted by molar-refractivity contribution is 5.98. The van der Waals surface area contributed by atoms with Crippen LogP contribution in [0.25, 0.3) is 11.1 Å². The summed E-state index contributed by atoms with van der Waals surface area (Å²) in [6, 6.07) is 14.9. The Balaban J connectivity index is 0.000000319. The molecule has 4 nitrogen and oxygen atoms in total. The Labute approximate surface area is 224 Å². The number of carbonyl (C=O) groups excluding carboxylic acids is 1. The molecule has 0 saturated carbocycles. The molecule has 0 radical (unpaired) electrons. The van der Waals surface area contributed by atoms with Gasteiger partial charge in [0.2, 0.25) is 5.91 Å². The Hall–Kier alpha value is -2.98. The Morgan fingerprint density at radius 1 is 0.892 bits per heavy atom. The molecule has 1 fully saturated rings. The van der Waals surface area contributed by atoms with Gasteiger partial charge in [0.25, 0.3) is 0 Å². The van der Waals surface area contributed by atoms with E-state index in [1.54, 1.807) is 0 Å². The first kappa shape index (κ1) is 28.6. The molecule has 0 atom stereocenters. The first-order chi connectivity index (χ1) is 17.6. The minimum absolute atomic E-state index is 0.175. The molecule has 3 aromatic rings. The molecule has 0 unspecified atom stereocenters. The largest absolute Gasteiger partial charge is 0.310 e. The van der Waals surface area contributed by atoms with Crippen LogP contribution in [0.4, 0.5) is 5.69 Å². The average Bonchev–Trinajstić information content (AvgIpc) is 3.37. The number of anilines is 1. The van der Waals surface area contributed by atoms with Gasteiger partial charge in [-0.3, -0.25) is 9.78 Å². The molecule has 1 amide bonds. The van der Waals surface area contributed by atoms with Crippen LogP contribution >= 0.6 is 0 Å². The lowest BCUT2D eigenvalue weighted by Crippen LogP contribution is -2.38. The maximum absolute atomic E-state index is 12.9. The fourth-order valence-corrected chi connectivity index (χ4v) is 5.28. The number of aryl methyl sites for hydroxylation is 6. The summed E-state index contributed by atoms with van der Waals surface area (Å²) < 4.78 is 0. The Morgan fingerprint density at radius 2 is 1.51 bits per heavy atom. The van der Waals surface area contributed by atoms with E-state index in [0.717, 1.165) is 54.4 Å². The summed E-state index contributed by atoms with van der Waals surface area (Å²) in [5.41, 5.74) is 12.0. The topological polar surface area (TPSA) is 36.4 Å². The van der Waals surface area contributed by atoms with Crippen molar-refractivity contribution in [3.8, 4) is 11.1 Å². The van der Waals surface area contributed by atoms with Gasteiger partial charge in [-0.1, -0.05) is 48.9 Å². The monoisotopic (exact) mass is 499 g/mol. The van der Waals surface area contributed by atoms with Gasteiger partial charge in [0.05, 0.1) is 5.69 Å². The van der Waals surface area contributed by atoms with E-state index in [-0.39, 0.29) is 5.91 Å². The molecule has 37 heavy (non-hydrogen) atoms. The van der Waals surface area contributed by atoms with E-state index in [1.165, 1.54) is 40.7 Å². The molecule has 0 spiro atoms. The van der Waals surface area contributed by atoms with Crippen LogP contribution in [-0.2, 0) is 4.79 Å². The predicted octanol–water partition coefficient (Wildman–Crippen LogP) is 7.43. The second-order valence-electron chi connectivity index (χ2n) is 10.5. The molecule has 1 aliphatic heterocycles. The minimum atomic E-state index is 0.175. The van der Waals surface area contributed by atoms with Crippen LogP contribution in [0, 0.1) is 48.5 Å². The van der Waals surface area contributed by atoms with E-state index in [4.69, 9.17) is 4.98 Å². The van der Waals surface area contributed by atoms with Gasteiger partial charge >= 0.3 is 0 Å². The number of likely N-dealkylation sites (tertiary alicyclic amines) is 1. The molecule has 1 aliphatic rings. The Morgan fingerprint density at radius 3 is 2.11 bits per heavy atom. The van der Waals surface area contributed by atoms with Crippen molar-refractivity contribution in [2.75, 3.05) is 31.1 Å². The average molecular weight is 500 g/mol. The third-order valence-electron chi connectivity index (χ3n) is 7.53. The molecular weight excluding hydrogens is 454 g/mol. The van der Waals surface area contributed by atoms with Crippen molar-refractivity contribution in [1.82, 2.24) is 9.88 Å². The van der Waals surface area contributed by atoms with Gasteiger partial charge in [0.15, 0.2) is 0 Å². The van der Waals surface area contributed by atoms with Crippen molar-refractivity contribution in [2.45, 2.75) is 74.7 Å². The molecule has 0 aliphatic carbocycles. The summed E-state index contributed by atoms with van der Waals surface area (Å²) in [6.07, 6.45) is 3.04. The van der Waals surface area contributed by atoms with Gasteiger partial charge in [0, 0.05) is 36.5 Å². The number of hydrogen-bond acceptors (Lipinski definition) is 3. The molecule has 0 bridgehead atoms. The van der Waals surface area contributed by atoms with Crippen LogP contribution in [0.3, 0.4) is 0 Å². The number of carbonyl (C=O) groups is 1. The van der Waals surface area contributed by atoms with E-state index in [0.29, 0.717) is 6.42 Å². The number of pyridine rings is 1. The van der Waals surface area contributed by atoms with Crippen LogP contribution in [-0.4, -0.2) is 42.0 Å². The van der Waals surface area contributed by atoms with Crippen molar-refractivity contribution < 1.29 is 4.79 Å². The quantitative estimate of drug-likeness (QED) is 0.354. The number of benzene rings is 2. The van der Waals surface area contributed by atoms with Crippen molar-refractivity contribution in [2.24, 2.45) is 0 Å². The molecule has 2 heterocycles. The zero-order chi connectivity index (χ0) is 27.1. The molecule has 198 valence electrons. The van der Waals surface area contributed by atoms with E-state index in [9.17, 15) is 4.79 Å². The summed E-state index contributed by atoms with van der Waals surface area (Å²) in [7, 11) is 0. The van der Waals surface area contributed by atoms with Gasteiger partial charge < -0.3 is 9.80 Å². The smallest absolute Gasteiger partial charge is 0.226 e. The first-order valence-electron chi connectivity index (χ1n) is 13.7. The van der Waals surface area contributed by atoms with E-state index in [2.05, 4.69) is 82.0 Å². The van der Waals surface area contributed by atoms with Gasteiger partial charge in [-0.2, -0.15) is 0 Å². The van der Waals surface area contributed by atoms with Crippen LogP contribution < -0.4 is 4.90 Å². The van der Waals surface area contributed by atoms with Gasteiger partial charge in [0.1, 0.15) is 0 Å². The summed E-state index contributed by atoms with van der Waals surface area (Å²) in [6.45, 7) is 20.7. The minimum Gasteiger partial charge on any atom is -0.310 e. The normalized spacial score (nSPS) is 13.3. The second-order valence-corrected chi connectivity index (χ2v) is 10.5. The lowest BCUT2D eigenvalue weighted by atomic mass is 9.96. The lowest BCUT2D eigenvalue weighted by Gasteiger charge is -2.28. The van der Waals surface area contributed by atoms with Crippen LogP contribution in [0.1, 0.15) is 65.4 Å². The number of rotatable bonds is 6. The third kappa shape index (κ3) is 7.29. The Kier molecular flexibility index (Phi) is 10.0. The van der Waals surface area contributed by atoms with Gasteiger partial charge in [-0.15, -0.1) is 0 Å². The SMILES string of the molecule is CCC(=O)N(CCN1CCCC1)c1cc(C)nc(C)c1-c1ccccc1C.Cc1cc(C)c(C)c(C)c1. The third-order valence-corrected chi connectivity index (χ3v) is 7.53. The second kappa shape index (κ2) is 13.0. The van der Waals surface area contributed by atoms with Crippen LogP contribution in [0.15, 0.2) is 42.5 Å². The lowest BCUT2D eigenvalue weighted by molar-refractivity contribution is -0.118. The van der Waals surface area contributed by atoms with E-state index < -0.39 is 0 Å². The fourth-order valence-electron chi connectivity index (χ4n) is 5.28. The van der Waals surface area contributed by atoms with Crippen LogP contribution in [0.5, 0.6) is 0 Å². The van der Waals surface area contributed by atoms with Crippen molar-refractivity contribution in [3.05, 3.63) is 81.7 Å². The number of nitrogens with zero attached hydrogens (tertiary/aromatic N) is 3. The van der Waals surface area contributed by atoms with E-state index in [1.807, 2.05) is 25.7 Å². The molecule has 0 N–H and O–H groups in total. The first-order valence-corrected chi connectivity index (χ1v) is 13.7. The van der Waals surface area contributed by atoms with Crippen molar-refractivity contribution in [1.29, 1.82) is 0 Å². The molecule has 2 aromatic carbocycles. The molecule has 4 rings (SSSR count). The molecule has 4 heteroatoms. The molecule has 1 aromatic heterocycles. The molecular formula is C33H45N3O. The zero-order valence-electron chi connectivity index (χ0n) is 24.2. The summed E-state index contributed by atoms with van der Waals surface area (Å²) in [4.78, 5) is 22.1. The molecule has 1 saturated heterocycles. The number of amides is 1. The maximum atomic E-state index is 12.9. The highest BCUT2D eigenvalue weighted by Crippen LogP contribution is 2.36. The van der Waals surface area contributed by atoms with Crippen LogP contribution in [0.2, 0.25) is 0 Å². The van der Waals surface area contributed by atoms with Crippen molar-refractivity contribution in [3.63, 3.8) is 0 Å². The standard InChI is InChI=1S/C23H31N3O.C10H14/c1-5-22(27)26(15-14-25-12-8-9-13-25)21-16-18(3)24-19(4)23(21)20-11-7-6-10-17(20)2;1-7-5-8(2)10(4)9(3)6-7/h6-7,10-11,16H,5,8-9,12-15H2,1-4H3;5-6H,1-4H3. The van der Waals surface area contributed by atoms with Crippen molar-refractivity contribution >= 4 is 11.6 Å². The summed E-state index contributed by atoms with van der Waals surface area (Å²) in [5.74, 6) is 0.175. The highest BCUT2D eigenvalue weighted by atomic mass is 16.2. The zero-order valence-corrected chi connectivity index (χ0v) is 24.2. The Bertz CT molecular complexity index is 1200. The fraction of sp³-hybridized carbons (Fsp3) is 0.455. The number of hydrogen-bond donors (Lipinski definition) is 0.